The molecular weight excluding hydrogens is 324 g/mol. The smallest absolute Gasteiger partial charge is 0.0351 e. The molecule has 0 spiro atoms. The van der Waals surface area contributed by atoms with Crippen molar-refractivity contribution in [2.24, 2.45) is 11.8 Å². The standard InChI is InChI=1S/C27H52/c1-5-7-9-10-11-12-13-14-15-16-17-18-19-20-21-22-24-27(23-8-6-2)25-26(3)4/h16-17,26-27H,1-2,5-15,18-25H2,3-4H3/b17-16+. The maximum absolute atomic E-state index is 4.01. The highest BCUT2D eigenvalue weighted by molar-refractivity contribution is 4.81. The van der Waals surface area contributed by atoms with Crippen molar-refractivity contribution in [1.29, 1.82) is 0 Å². The maximum Gasteiger partial charge on any atom is -0.0351 e. The van der Waals surface area contributed by atoms with E-state index in [1.165, 1.54) is 109 Å². The van der Waals surface area contributed by atoms with Gasteiger partial charge < -0.3 is 0 Å². The van der Waals surface area contributed by atoms with Crippen LogP contribution in [-0.4, -0.2) is 0 Å². The summed E-state index contributed by atoms with van der Waals surface area (Å²) in [6.07, 6.45) is 30.7. The summed E-state index contributed by atoms with van der Waals surface area (Å²) in [6, 6.07) is 0. The Kier molecular flexibility index (Phi) is 21.8. The van der Waals surface area contributed by atoms with Crippen LogP contribution in [-0.2, 0) is 0 Å². The van der Waals surface area contributed by atoms with E-state index >= 15 is 0 Å². The van der Waals surface area contributed by atoms with E-state index in [9.17, 15) is 0 Å². The highest BCUT2D eigenvalue weighted by Crippen LogP contribution is 2.24. The van der Waals surface area contributed by atoms with Crippen LogP contribution in [0.3, 0.4) is 0 Å². The van der Waals surface area contributed by atoms with Crippen molar-refractivity contribution in [3.8, 4) is 0 Å². The summed E-state index contributed by atoms with van der Waals surface area (Å²) in [4.78, 5) is 0. The minimum atomic E-state index is 0.851. The summed E-state index contributed by atoms with van der Waals surface area (Å²) in [5.41, 5.74) is 0. The Labute approximate surface area is 174 Å². The fourth-order valence-corrected chi connectivity index (χ4v) is 4.09. The lowest BCUT2D eigenvalue weighted by atomic mass is 9.88. The molecule has 0 aromatic rings. The molecule has 0 aromatic heterocycles. The summed E-state index contributed by atoms with van der Waals surface area (Å²) in [5, 5.41) is 0. The van der Waals surface area contributed by atoms with Gasteiger partial charge >= 0.3 is 0 Å². The Morgan fingerprint density at radius 1 is 0.556 bits per heavy atom. The Morgan fingerprint density at radius 3 is 1.52 bits per heavy atom. The second-order valence-electron chi connectivity index (χ2n) is 9.07. The SMILES string of the molecule is [CH2]CCCCCCCCC/C=C/CCCCCCC(CCC[CH2])CC(C)C. The number of rotatable bonds is 21. The molecule has 0 N–H and O–H groups in total. The van der Waals surface area contributed by atoms with E-state index in [0.29, 0.717) is 0 Å². The van der Waals surface area contributed by atoms with Gasteiger partial charge in [0.05, 0.1) is 0 Å². The molecule has 0 saturated heterocycles. The van der Waals surface area contributed by atoms with Gasteiger partial charge in [0, 0.05) is 0 Å². The van der Waals surface area contributed by atoms with Gasteiger partial charge in [-0.15, -0.1) is 0 Å². The fourth-order valence-electron chi connectivity index (χ4n) is 4.09. The van der Waals surface area contributed by atoms with Crippen LogP contribution in [0.15, 0.2) is 12.2 Å². The number of allylic oxidation sites excluding steroid dienone is 2. The lowest BCUT2D eigenvalue weighted by molar-refractivity contribution is 0.345. The molecule has 0 amide bonds. The quantitative estimate of drug-likeness (QED) is 0.138. The summed E-state index contributed by atoms with van der Waals surface area (Å²) in [6.45, 7) is 12.7. The molecule has 0 heterocycles. The average Bonchev–Trinajstić information content (AvgIpc) is 2.65. The molecule has 0 aromatic carbocycles. The van der Waals surface area contributed by atoms with Crippen molar-refractivity contribution in [3.05, 3.63) is 26.0 Å². The molecule has 0 saturated carbocycles. The first kappa shape index (κ1) is 26.7. The van der Waals surface area contributed by atoms with Gasteiger partial charge in [0.1, 0.15) is 0 Å². The van der Waals surface area contributed by atoms with E-state index < -0.39 is 0 Å². The lowest BCUT2D eigenvalue weighted by Crippen LogP contribution is -2.05. The van der Waals surface area contributed by atoms with Crippen molar-refractivity contribution in [1.82, 2.24) is 0 Å². The summed E-state index contributed by atoms with van der Waals surface area (Å²) in [5.74, 6) is 1.80. The molecule has 0 rings (SSSR count). The van der Waals surface area contributed by atoms with Crippen LogP contribution in [0.1, 0.15) is 136 Å². The highest BCUT2D eigenvalue weighted by Gasteiger charge is 2.10. The zero-order chi connectivity index (χ0) is 20.0. The van der Waals surface area contributed by atoms with Crippen molar-refractivity contribution in [2.45, 2.75) is 136 Å². The van der Waals surface area contributed by atoms with Crippen molar-refractivity contribution in [2.75, 3.05) is 0 Å². The van der Waals surface area contributed by atoms with E-state index in [-0.39, 0.29) is 0 Å². The average molecular weight is 377 g/mol. The lowest BCUT2D eigenvalue weighted by Gasteiger charge is -2.18. The van der Waals surface area contributed by atoms with Crippen LogP contribution in [0.2, 0.25) is 0 Å². The molecule has 0 nitrogen and oxygen atoms in total. The fraction of sp³-hybridized carbons (Fsp3) is 0.852. The van der Waals surface area contributed by atoms with Crippen molar-refractivity contribution >= 4 is 0 Å². The molecule has 0 aliphatic heterocycles. The number of hydrogen-bond donors (Lipinski definition) is 0. The van der Waals surface area contributed by atoms with Gasteiger partial charge in [-0.05, 0) is 43.9 Å². The van der Waals surface area contributed by atoms with Crippen LogP contribution in [0.25, 0.3) is 0 Å². The zero-order valence-corrected chi connectivity index (χ0v) is 19.2. The van der Waals surface area contributed by atoms with Crippen LogP contribution < -0.4 is 0 Å². The molecule has 27 heavy (non-hydrogen) atoms. The van der Waals surface area contributed by atoms with Gasteiger partial charge in [-0.3, -0.25) is 0 Å². The van der Waals surface area contributed by atoms with Gasteiger partial charge in [0.15, 0.2) is 0 Å². The Balaban J connectivity index is 3.38. The van der Waals surface area contributed by atoms with E-state index in [4.69, 9.17) is 0 Å². The van der Waals surface area contributed by atoms with E-state index in [1.54, 1.807) is 0 Å². The third kappa shape index (κ3) is 21.9. The molecule has 0 fully saturated rings. The third-order valence-electron chi connectivity index (χ3n) is 5.69. The summed E-state index contributed by atoms with van der Waals surface area (Å²) >= 11 is 0. The molecule has 0 heteroatoms. The van der Waals surface area contributed by atoms with Gasteiger partial charge in [0.25, 0.3) is 0 Å². The maximum atomic E-state index is 4.01. The van der Waals surface area contributed by atoms with Crippen LogP contribution in [0.4, 0.5) is 0 Å². The molecule has 0 bridgehead atoms. The first-order valence-corrected chi connectivity index (χ1v) is 12.4. The minimum absolute atomic E-state index is 0.851. The normalized spacial score (nSPS) is 13.1. The van der Waals surface area contributed by atoms with Crippen LogP contribution >= 0.6 is 0 Å². The predicted octanol–water partition coefficient (Wildman–Crippen LogP) is 9.89. The minimum Gasteiger partial charge on any atom is -0.0885 e. The third-order valence-corrected chi connectivity index (χ3v) is 5.69. The van der Waals surface area contributed by atoms with Gasteiger partial charge in [-0.1, -0.05) is 130 Å². The zero-order valence-electron chi connectivity index (χ0n) is 19.2. The summed E-state index contributed by atoms with van der Waals surface area (Å²) < 4.78 is 0. The predicted molar refractivity (Wildman–Crippen MR) is 126 cm³/mol. The molecule has 2 radical (unpaired) electrons. The van der Waals surface area contributed by atoms with Gasteiger partial charge in [-0.2, -0.15) is 0 Å². The Bertz CT molecular complexity index is 288. The monoisotopic (exact) mass is 376 g/mol. The largest absolute Gasteiger partial charge is 0.0885 e. The van der Waals surface area contributed by atoms with E-state index in [1.807, 2.05) is 0 Å². The van der Waals surface area contributed by atoms with Gasteiger partial charge in [0.2, 0.25) is 0 Å². The number of unbranched alkanes of at least 4 members (excludes halogenated alkanes) is 13. The Morgan fingerprint density at radius 2 is 1.00 bits per heavy atom. The van der Waals surface area contributed by atoms with E-state index in [0.717, 1.165) is 24.7 Å². The molecule has 1 unspecified atom stereocenters. The molecule has 0 aliphatic rings. The van der Waals surface area contributed by atoms with Gasteiger partial charge in [-0.25, -0.2) is 0 Å². The topological polar surface area (TPSA) is 0 Å². The first-order valence-electron chi connectivity index (χ1n) is 12.4. The van der Waals surface area contributed by atoms with E-state index in [2.05, 4.69) is 39.8 Å². The molecule has 1 atom stereocenters. The first-order chi connectivity index (χ1) is 13.2. The molecule has 0 aliphatic carbocycles. The van der Waals surface area contributed by atoms with Crippen LogP contribution in [0, 0.1) is 25.7 Å². The van der Waals surface area contributed by atoms with Crippen molar-refractivity contribution in [3.63, 3.8) is 0 Å². The Hall–Kier alpha value is -0.260. The van der Waals surface area contributed by atoms with Crippen molar-refractivity contribution < 1.29 is 0 Å². The second kappa shape index (κ2) is 22.0. The number of hydrogen-bond acceptors (Lipinski definition) is 0. The second-order valence-corrected chi connectivity index (χ2v) is 9.07. The molecular formula is C27H52. The molecule has 160 valence electrons. The summed E-state index contributed by atoms with van der Waals surface area (Å²) in [7, 11) is 0. The highest BCUT2D eigenvalue weighted by atomic mass is 14.2. The van der Waals surface area contributed by atoms with Crippen LogP contribution in [0.5, 0.6) is 0 Å².